The lowest BCUT2D eigenvalue weighted by Crippen LogP contribution is -2.34. The normalized spacial score (nSPS) is 18.3. The molecule has 1 heterocycles. The molecule has 1 aliphatic heterocycles. The summed E-state index contributed by atoms with van der Waals surface area (Å²) in [7, 11) is 0. The lowest BCUT2D eigenvalue weighted by Gasteiger charge is -2.37. The summed E-state index contributed by atoms with van der Waals surface area (Å²) >= 11 is 0. The molecule has 0 saturated carbocycles. The molecule has 0 fully saturated rings. The first-order valence-corrected chi connectivity index (χ1v) is 13.2. The maximum absolute atomic E-state index is 12.5. The van der Waals surface area contributed by atoms with Crippen LogP contribution in [0.5, 0.6) is 0 Å². The van der Waals surface area contributed by atoms with E-state index >= 15 is 0 Å². The van der Waals surface area contributed by atoms with Crippen LogP contribution in [0.1, 0.15) is 106 Å². The molecule has 3 nitrogen and oxygen atoms in total. The van der Waals surface area contributed by atoms with Crippen molar-refractivity contribution < 1.29 is 9.59 Å². The van der Waals surface area contributed by atoms with E-state index in [0.29, 0.717) is 24.7 Å². The van der Waals surface area contributed by atoms with Crippen molar-refractivity contribution >= 4 is 17.3 Å². The maximum atomic E-state index is 12.5. The van der Waals surface area contributed by atoms with Gasteiger partial charge in [-0.05, 0) is 72.1 Å². The Morgan fingerprint density at radius 1 is 1.09 bits per heavy atom. The minimum Gasteiger partial charge on any atom is -0.348 e. The van der Waals surface area contributed by atoms with Crippen molar-refractivity contribution in [3.8, 4) is 0 Å². The van der Waals surface area contributed by atoms with Crippen molar-refractivity contribution in [2.24, 2.45) is 16.7 Å². The van der Waals surface area contributed by atoms with Crippen LogP contribution >= 0.6 is 0 Å². The van der Waals surface area contributed by atoms with E-state index < -0.39 is 0 Å². The number of ketones is 2. The second kappa shape index (κ2) is 11.5. The van der Waals surface area contributed by atoms with Crippen LogP contribution in [-0.4, -0.2) is 18.1 Å². The largest absolute Gasteiger partial charge is 0.348 e. The van der Waals surface area contributed by atoms with Crippen LogP contribution < -0.4 is 4.90 Å². The fourth-order valence-corrected chi connectivity index (χ4v) is 5.16. The molecule has 0 amide bonds. The molecule has 1 aromatic carbocycles. The summed E-state index contributed by atoms with van der Waals surface area (Å²) in [5.74, 6) is 1.47. The van der Waals surface area contributed by atoms with Crippen molar-refractivity contribution in [2.45, 2.75) is 100 Å². The molecule has 1 aromatic rings. The highest BCUT2D eigenvalue weighted by Gasteiger charge is 2.32. The molecule has 1 aliphatic rings. The molecule has 0 spiro atoms. The van der Waals surface area contributed by atoms with E-state index in [1.54, 1.807) is 0 Å². The van der Waals surface area contributed by atoms with Crippen LogP contribution in [0.2, 0.25) is 0 Å². The predicted octanol–water partition coefficient (Wildman–Crippen LogP) is 8.26. The molecule has 0 N–H and O–H groups in total. The number of nitrogens with zero attached hydrogens (tertiary/aromatic N) is 1. The number of Topliss-reactive ketones (excluding diaryl/α,β-unsaturated/α-hetero) is 2. The monoisotopic (exact) mass is 465 g/mol. The van der Waals surface area contributed by atoms with Crippen LogP contribution in [0, 0.1) is 16.7 Å². The first kappa shape index (κ1) is 28.1. The van der Waals surface area contributed by atoms with E-state index in [-0.39, 0.29) is 22.4 Å². The van der Waals surface area contributed by atoms with Gasteiger partial charge in [-0.3, -0.25) is 9.59 Å². The Labute approximate surface area is 208 Å². The third kappa shape index (κ3) is 6.49. The van der Waals surface area contributed by atoms with Crippen LogP contribution in [0.25, 0.3) is 0 Å². The molecular weight excluding hydrogens is 418 g/mol. The zero-order chi connectivity index (χ0) is 25.7. The van der Waals surface area contributed by atoms with E-state index in [4.69, 9.17) is 0 Å². The van der Waals surface area contributed by atoms with Gasteiger partial charge in [-0.15, -0.1) is 0 Å². The Balaban J connectivity index is 2.09. The Kier molecular flexibility index (Phi) is 9.51. The number of hydrogen-bond donors (Lipinski definition) is 0. The summed E-state index contributed by atoms with van der Waals surface area (Å²) in [4.78, 5) is 27.1. The number of carbonyl (C=O) groups is 2. The minimum atomic E-state index is -0.0956. The van der Waals surface area contributed by atoms with Gasteiger partial charge in [0, 0.05) is 36.8 Å². The second-order valence-electron chi connectivity index (χ2n) is 11.4. The molecule has 2 unspecified atom stereocenters. The number of carbonyl (C=O) groups excluding carboxylic acids is 2. The molecular formula is C31H47NO2. The smallest absolute Gasteiger partial charge is 0.160 e. The lowest BCUT2D eigenvalue weighted by molar-refractivity contribution is -0.117. The third-order valence-electron chi connectivity index (χ3n) is 8.08. The van der Waals surface area contributed by atoms with Gasteiger partial charge < -0.3 is 4.90 Å². The van der Waals surface area contributed by atoms with Gasteiger partial charge in [-0.1, -0.05) is 73.6 Å². The molecule has 2 rings (SSSR count). The topological polar surface area (TPSA) is 37.4 Å². The molecule has 34 heavy (non-hydrogen) atoms. The van der Waals surface area contributed by atoms with Gasteiger partial charge in [-0.25, -0.2) is 0 Å². The Morgan fingerprint density at radius 2 is 1.71 bits per heavy atom. The lowest BCUT2D eigenvalue weighted by atomic mass is 9.74. The summed E-state index contributed by atoms with van der Waals surface area (Å²) in [6, 6.07) is 8.88. The zero-order valence-corrected chi connectivity index (χ0v) is 23.1. The molecule has 2 atom stereocenters. The van der Waals surface area contributed by atoms with E-state index in [0.717, 1.165) is 42.6 Å². The molecule has 0 aliphatic carbocycles. The van der Waals surface area contributed by atoms with Gasteiger partial charge in [0.2, 0.25) is 0 Å². The van der Waals surface area contributed by atoms with Crippen LogP contribution in [0.3, 0.4) is 0 Å². The fraction of sp³-hybridized carbons (Fsp3) is 0.613. The minimum absolute atomic E-state index is 0.0597. The second-order valence-corrected chi connectivity index (χ2v) is 11.4. The molecule has 188 valence electrons. The van der Waals surface area contributed by atoms with E-state index in [2.05, 4.69) is 76.9 Å². The summed E-state index contributed by atoms with van der Waals surface area (Å²) in [6.45, 7) is 20.2. The Morgan fingerprint density at radius 3 is 2.24 bits per heavy atom. The van der Waals surface area contributed by atoms with Crippen molar-refractivity contribution in [3.05, 3.63) is 53.3 Å². The van der Waals surface area contributed by atoms with E-state index in [9.17, 15) is 9.59 Å². The van der Waals surface area contributed by atoms with Crippen LogP contribution in [0.15, 0.2) is 47.7 Å². The molecule has 0 radical (unpaired) electrons. The Hall–Kier alpha value is -2.16. The van der Waals surface area contributed by atoms with Crippen molar-refractivity contribution in [3.63, 3.8) is 0 Å². The highest BCUT2D eigenvalue weighted by molar-refractivity contribution is 5.97. The van der Waals surface area contributed by atoms with Crippen LogP contribution in [-0.2, 0) is 9.59 Å². The predicted molar refractivity (Wildman–Crippen MR) is 145 cm³/mol. The average Bonchev–Trinajstić information content (AvgIpc) is 2.81. The van der Waals surface area contributed by atoms with Crippen LogP contribution in [0.4, 0.5) is 5.69 Å². The quantitative estimate of drug-likeness (QED) is 0.309. The van der Waals surface area contributed by atoms with Crippen molar-refractivity contribution in [1.29, 1.82) is 0 Å². The van der Waals surface area contributed by atoms with Gasteiger partial charge in [0.1, 0.15) is 0 Å². The SMILES string of the molecule is CC=C(C(=O)CC)C(C)(C)CCC(C)C(C)c1ccc(N2C=C(C(=O)CC)C(C)(C)CC2)cc1. The van der Waals surface area contributed by atoms with Crippen molar-refractivity contribution in [2.75, 3.05) is 11.4 Å². The summed E-state index contributed by atoms with van der Waals surface area (Å²) in [6.07, 6.45) is 8.27. The first-order chi connectivity index (χ1) is 15.9. The molecule has 0 bridgehead atoms. The number of hydrogen-bond acceptors (Lipinski definition) is 3. The number of benzene rings is 1. The fourth-order valence-electron chi connectivity index (χ4n) is 5.16. The van der Waals surface area contributed by atoms with Gasteiger partial charge >= 0.3 is 0 Å². The van der Waals surface area contributed by atoms with Gasteiger partial charge in [0.25, 0.3) is 0 Å². The average molecular weight is 466 g/mol. The number of anilines is 1. The van der Waals surface area contributed by atoms with Gasteiger partial charge in [-0.2, -0.15) is 0 Å². The zero-order valence-electron chi connectivity index (χ0n) is 23.1. The highest BCUT2D eigenvalue weighted by atomic mass is 16.1. The standard InChI is InChI=1S/C31H47NO2/c1-10-26(28(33)11-2)30(6,7)18-17-22(4)23(5)24-13-15-25(16-14-24)32-20-19-31(8,9)27(21-32)29(34)12-3/h10,13-16,21-23H,11-12,17-20H2,1-9H3. The summed E-state index contributed by atoms with van der Waals surface area (Å²) in [5.41, 5.74) is 4.25. The molecule has 0 saturated heterocycles. The molecule has 0 aromatic heterocycles. The summed E-state index contributed by atoms with van der Waals surface area (Å²) in [5, 5.41) is 0. The highest BCUT2D eigenvalue weighted by Crippen LogP contribution is 2.39. The van der Waals surface area contributed by atoms with Gasteiger partial charge in [0.15, 0.2) is 11.6 Å². The number of allylic oxidation sites excluding steroid dienone is 3. The summed E-state index contributed by atoms with van der Waals surface area (Å²) < 4.78 is 0. The third-order valence-corrected chi connectivity index (χ3v) is 8.08. The van der Waals surface area contributed by atoms with Crippen molar-refractivity contribution in [1.82, 2.24) is 0 Å². The van der Waals surface area contributed by atoms with Gasteiger partial charge in [0.05, 0.1) is 0 Å². The maximum Gasteiger partial charge on any atom is 0.160 e. The Bertz CT molecular complexity index is 917. The molecule has 3 heteroatoms. The van der Waals surface area contributed by atoms with E-state index in [1.807, 2.05) is 26.8 Å². The first-order valence-electron chi connectivity index (χ1n) is 13.2. The number of rotatable bonds is 11. The van der Waals surface area contributed by atoms with E-state index in [1.165, 1.54) is 5.56 Å².